The summed E-state index contributed by atoms with van der Waals surface area (Å²) in [6, 6.07) is 15.2. The van der Waals surface area contributed by atoms with Gasteiger partial charge in [-0.1, -0.05) is 18.2 Å². The molecule has 1 N–H and O–H groups in total. The number of aryl methyl sites for hydroxylation is 1. The molecular weight excluding hydrogens is 506 g/mol. The third-order valence-corrected chi connectivity index (χ3v) is 8.26. The maximum Gasteiger partial charge on any atom is 0.170 e. The van der Waals surface area contributed by atoms with Crippen LogP contribution in [0, 0.1) is 18.3 Å². The van der Waals surface area contributed by atoms with E-state index in [0.717, 1.165) is 5.56 Å². The van der Waals surface area contributed by atoms with E-state index in [4.69, 9.17) is 14.7 Å². The van der Waals surface area contributed by atoms with E-state index >= 15 is 0 Å². The quantitative estimate of drug-likeness (QED) is 0.342. The minimum atomic E-state index is -3.96. The minimum Gasteiger partial charge on any atom is -0.494 e. The Kier molecular flexibility index (Phi) is 7.75. The smallest absolute Gasteiger partial charge is 0.170 e. The first-order valence-electron chi connectivity index (χ1n) is 11.7. The van der Waals surface area contributed by atoms with Crippen LogP contribution < -0.4 is 9.47 Å². The lowest BCUT2D eigenvalue weighted by atomic mass is 10.1. The fourth-order valence-corrected chi connectivity index (χ4v) is 5.45. The van der Waals surface area contributed by atoms with Crippen LogP contribution in [0.25, 0.3) is 17.1 Å². The first-order valence-corrected chi connectivity index (χ1v) is 13.4. The maximum absolute atomic E-state index is 13.6. The summed E-state index contributed by atoms with van der Waals surface area (Å²) in [5, 5.41) is 27.3. The molecule has 0 bridgehead atoms. The van der Waals surface area contributed by atoms with E-state index in [1.165, 1.54) is 33.3 Å². The number of nitrogens with zero attached hydrogens (tertiary/aromatic N) is 5. The molecule has 0 unspecified atom stereocenters. The number of pyridine rings is 1. The van der Waals surface area contributed by atoms with Crippen LogP contribution in [0.5, 0.6) is 11.5 Å². The van der Waals surface area contributed by atoms with Gasteiger partial charge >= 0.3 is 0 Å². The monoisotopic (exact) mass is 533 g/mol. The summed E-state index contributed by atoms with van der Waals surface area (Å²) in [4.78, 5) is 4.25. The van der Waals surface area contributed by atoms with Crippen LogP contribution in [0.1, 0.15) is 35.5 Å². The molecule has 0 amide bonds. The second kappa shape index (κ2) is 11.0. The van der Waals surface area contributed by atoms with E-state index in [0.29, 0.717) is 39.7 Å². The van der Waals surface area contributed by atoms with Crippen LogP contribution in [0.2, 0.25) is 0 Å². The number of benzene rings is 2. The van der Waals surface area contributed by atoms with Crippen molar-refractivity contribution in [3.63, 3.8) is 0 Å². The summed E-state index contributed by atoms with van der Waals surface area (Å²) in [7, 11) is -0.953. The summed E-state index contributed by atoms with van der Waals surface area (Å²) in [5.41, 5.74) is 2.74. The van der Waals surface area contributed by atoms with Gasteiger partial charge < -0.3 is 14.6 Å². The zero-order valence-corrected chi connectivity index (χ0v) is 22.2. The first-order chi connectivity index (χ1) is 18.2. The van der Waals surface area contributed by atoms with Crippen LogP contribution >= 0.6 is 0 Å². The van der Waals surface area contributed by atoms with E-state index in [9.17, 15) is 13.5 Å². The number of para-hydroxylation sites is 1. The normalized spacial score (nSPS) is 12.9. The van der Waals surface area contributed by atoms with Crippen LogP contribution in [0.15, 0.2) is 60.9 Å². The number of aliphatic hydroxyl groups is 1. The van der Waals surface area contributed by atoms with E-state index in [2.05, 4.69) is 15.2 Å². The third kappa shape index (κ3) is 5.22. The maximum atomic E-state index is 13.6. The highest BCUT2D eigenvalue weighted by molar-refractivity contribution is 7.91. The minimum absolute atomic E-state index is 0.114. The lowest BCUT2D eigenvalue weighted by molar-refractivity contribution is 0.176. The third-order valence-electron chi connectivity index (χ3n) is 6.21. The summed E-state index contributed by atoms with van der Waals surface area (Å²) < 4.78 is 39.9. The van der Waals surface area contributed by atoms with Crippen molar-refractivity contribution in [1.82, 2.24) is 19.7 Å². The molecular formula is C27H27N5O5S. The number of sulfone groups is 1. The van der Waals surface area contributed by atoms with E-state index in [-0.39, 0.29) is 5.82 Å². The van der Waals surface area contributed by atoms with Gasteiger partial charge in [0, 0.05) is 18.0 Å². The summed E-state index contributed by atoms with van der Waals surface area (Å²) in [6.07, 6.45) is 2.00. The molecule has 4 rings (SSSR count). The topological polar surface area (TPSA) is 140 Å². The molecule has 10 nitrogen and oxygen atoms in total. The van der Waals surface area contributed by atoms with Crippen molar-refractivity contribution in [3.05, 3.63) is 83.4 Å². The van der Waals surface area contributed by atoms with Gasteiger partial charge in [0.1, 0.15) is 22.9 Å². The molecule has 0 fully saturated rings. The number of methoxy groups -OCH3 is 2. The molecule has 2 aromatic heterocycles. The van der Waals surface area contributed by atoms with Crippen molar-refractivity contribution in [2.75, 3.05) is 14.2 Å². The Morgan fingerprint density at radius 1 is 1.05 bits per heavy atom. The van der Waals surface area contributed by atoms with Crippen LogP contribution in [-0.2, 0) is 15.6 Å². The molecule has 2 aromatic carbocycles. The van der Waals surface area contributed by atoms with Gasteiger partial charge in [-0.15, -0.1) is 10.2 Å². The van der Waals surface area contributed by atoms with E-state index in [1.807, 2.05) is 19.1 Å². The molecule has 2 atom stereocenters. The van der Waals surface area contributed by atoms with Gasteiger partial charge in [-0.05, 0) is 55.3 Å². The Morgan fingerprint density at radius 3 is 2.29 bits per heavy atom. The summed E-state index contributed by atoms with van der Waals surface area (Å²) in [5.74, 6) is 0.804. The Bertz CT molecular complexity index is 1570. The molecule has 0 radical (unpaired) electrons. The Balaban J connectivity index is 1.82. The Hall–Kier alpha value is -4.27. The number of aromatic nitrogens is 4. The highest BCUT2D eigenvalue weighted by atomic mass is 32.2. The molecule has 0 saturated heterocycles. The predicted octanol–water partition coefficient (Wildman–Crippen LogP) is 3.56. The average molecular weight is 534 g/mol. The van der Waals surface area contributed by atoms with Gasteiger partial charge in [-0.3, -0.25) is 9.55 Å². The summed E-state index contributed by atoms with van der Waals surface area (Å²) >= 11 is 0. The van der Waals surface area contributed by atoms with E-state index in [1.54, 1.807) is 47.3 Å². The molecule has 38 heavy (non-hydrogen) atoms. The Labute approximate surface area is 221 Å². The van der Waals surface area contributed by atoms with Gasteiger partial charge in [-0.2, -0.15) is 5.26 Å². The van der Waals surface area contributed by atoms with Gasteiger partial charge in [-0.25, -0.2) is 8.42 Å². The average Bonchev–Trinajstić information content (AvgIpc) is 3.33. The van der Waals surface area contributed by atoms with Crippen LogP contribution in [0.3, 0.4) is 0 Å². The zero-order valence-electron chi connectivity index (χ0n) is 21.4. The molecule has 0 aliphatic rings. The van der Waals surface area contributed by atoms with Gasteiger partial charge in [0.05, 0.1) is 37.2 Å². The number of hydrogen-bond donors (Lipinski definition) is 1. The highest BCUT2D eigenvalue weighted by Gasteiger charge is 2.33. The molecule has 0 spiro atoms. The second-order valence-corrected chi connectivity index (χ2v) is 11.1. The zero-order chi connectivity index (χ0) is 27.4. The van der Waals surface area contributed by atoms with Gasteiger partial charge in [0.2, 0.25) is 0 Å². The summed E-state index contributed by atoms with van der Waals surface area (Å²) in [6.45, 7) is 3.33. The van der Waals surface area contributed by atoms with Crippen molar-refractivity contribution < 1.29 is 23.0 Å². The van der Waals surface area contributed by atoms with Gasteiger partial charge in [0.25, 0.3) is 0 Å². The molecule has 0 aliphatic carbocycles. The molecule has 0 aliphatic heterocycles. The SMILES string of the molecule is COc1cccc(OC)c1-n1c(CS(=O)(=O)[C@H](C)[C@@H](O)c2ccc(C#N)cc2)nnc1-c1cncc(C)c1. The molecule has 196 valence electrons. The standard InChI is InChI=1S/C27H27N5O5S/c1-17-12-21(15-29-14-17)27-31-30-24(32(27)25-22(36-3)6-5-7-23(25)37-4)16-38(34,35)18(2)26(33)20-10-8-19(13-28)9-11-20/h5-12,14-15,18,26,33H,16H2,1-4H3/t18-,26-/m1/s1. The van der Waals surface area contributed by atoms with Crippen LogP contribution in [-0.4, -0.2) is 52.7 Å². The molecule has 2 heterocycles. The van der Waals surface area contributed by atoms with Crippen molar-refractivity contribution in [1.29, 1.82) is 5.26 Å². The number of aliphatic hydroxyl groups excluding tert-OH is 1. The number of rotatable bonds is 9. The number of nitriles is 1. The Morgan fingerprint density at radius 2 is 1.71 bits per heavy atom. The first kappa shape index (κ1) is 26.8. The van der Waals surface area contributed by atoms with Crippen molar-refractivity contribution in [2.45, 2.75) is 31.0 Å². The van der Waals surface area contributed by atoms with Crippen LogP contribution in [0.4, 0.5) is 0 Å². The fraction of sp³-hybridized carbons (Fsp3) is 0.259. The lowest BCUT2D eigenvalue weighted by Gasteiger charge is -2.21. The van der Waals surface area contributed by atoms with Crippen molar-refractivity contribution >= 4 is 9.84 Å². The number of hydrogen-bond acceptors (Lipinski definition) is 9. The molecule has 0 saturated carbocycles. The van der Waals surface area contributed by atoms with Crippen molar-refractivity contribution in [3.8, 4) is 34.6 Å². The van der Waals surface area contributed by atoms with Gasteiger partial charge in [0.15, 0.2) is 21.5 Å². The highest BCUT2D eigenvalue weighted by Crippen LogP contribution is 2.37. The number of ether oxygens (including phenoxy) is 2. The largest absolute Gasteiger partial charge is 0.494 e. The molecule has 11 heteroatoms. The van der Waals surface area contributed by atoms with E-state index < -0.39 is 26.9 Å². The van der Waals surface area contributed by atoms with Crippen molar-refractivity contribution in [2.24, 2.45) is 0 Å². The fourth-order valence-electron chi connectivity index (χ4n) is 4.09. The lowest BCUT2D eigenvalue weighted by Crippen LogP contribution is -2.28. The second-order valence-electron chi connectivity index (χ2n) is 8.73. The predicted molar refractivity (Wildman–Crippen MR) is 141 cm³/mol. The molecule has 4 aromatic rings.